The highest BCUT2D eigenvalue weighted by molar-refractivity contribution is 5.94. The minimum absolute atomic E-state index is 0.00571. The second-order valence-electron chi connectivity index (χ2n) is 11.8. The third-order valence-electron chi connectivity index (χ3n) is 8.96. The smallest absolute Gasteiger partial charge is 0.254 e. The van der Waals surface area contributed by atoms with E-state index in [0.717, 1.165) is 24.2 Å². The van der Waals surface area contributed by atoms with Crippen LogP contribution < -0.4 is 15.6 Å². The molecule has 1 N–H and O–H groups in total. The Morgan fingerprint density at radius 2 is 1.72 bits per heavy atom. The first-order chi connectivity index (χ1) is 20.9. The van der Waals surface area contributed by atoms with Crippen LogP contribution in [0.1, 0.15) is 52.7 Å². The number of carbonyl (C=O) groups excluding carboxylic acids is 3. The monoisotopic (exact) mass is 582 g/mol. The number of amides is 3. The molecule has 9 heteroatoms. The lowest BCUT2D eigenvalue weighted by Crippen LogP contribution is -2.48. The number of likely N-dealkylation sites (tertiary alicyclic amines) is 1. The van der Waals surface area contributed by atoms with Crippen LogP contribution >= 0.6 is 0 Å². The normalized spacial score (nSPS) is 20.9. The van der Waals surface area contributed by atoms with Crippen molar-refractivity contribution in [3.8, 4) is 5.75 Å². The number of aromatic nitrogens is 1. The highest BCUT2D eigenvalue weighted by atomic mass is 16.5. The van der Waals surface area contributed by atoms with Gasteiger partial charge in [-0.05, 0) is 67.5 Å². The molecule has 3 amide bonds. The van der Waals surface area contributed by atoms with Crippen LogP contribution in [0.3, 0.4) is 0 Å². The lowest BCUT2D eigenvalue weighted by atomic mass is 9.94. The number of nitrogens with zero attached hydrogens (tertiary/aromatic N) is 3. The van der Waals surface area contributed by atoms with E-state index in [1.54, 1.807) is 26.6 Å². The van der Waals surface area contributed by atoms with Gasteiger partial charge in [-0.3, -0.25) is 19.2 Å². The Balaban J connectivity index is 1.23. The third kappa shape index (κ3) is 6.21. The van der Waals surface area contributed by atoms with E-state index in [2.05, 4.69) is 17.4 Å². The Morgan fingerprint density at radius 1 is 0.930 bits per heavy atom. The number of aryl methyl sites for hydroxylation is 1. The van der Waals surface area contributed by atoms with Crippen LogP contribution in [-0.4, -0.2) is 70.9 Å². The first kappa shape index (κ1) is 28.7. The molecule has 224 valence electrons. The number of hydrogen-bond acceptors (Lipinski definition) is 5. The fourth-order valence-electron chi connectivity index (χ4n) is 6.65. The molecule has 43 heavy (non-hydrogen) atoms. The fourth-order valence-corrected chi connectivity index (χ4v) is 6.65. The number of carbonyl (C=O) groups is 3. The lowest BCUT2D eigenvalue weighted by Gasteiger charge is -2.27. The molecule has 1 aliphatic carbocycles. The van der Waals surface area contributed by atoms with Gasteiger partial charge in [0, 0.05) is 55.8 Å². The van der Waals surface area contributed by atoms with Crippen LogP contribution in [0.5, 0.6) is 5.75 Å². The summed E-state index contributed by atoms with van der Waals surface area (Å²) in [5.41, 5.74) is 3.48. The fraction of sp³-hybridized carbons (Fsp3) is 0.412. The maximum Gasteiger partial charge on any atom is 0.254 e. The van der Waals surface area contributed by atoms with Gasteiger partial charge in [0.15, 0.2) is 0 Å². The average Bonchev–Trinajstić information content (AvgIpc) is 3.64. The Hall–Kier alpha value is -4.40. The highest BCUT2D eigenvalue weighted by Crippen LogP contribution is 2.32. The number of benzene rings is 2. The molecule has 3 aromatic rings. The van der Waals surface area contributed by atoms with E-state index in [-0.39, 0.29) is 47.7 Å². The molecule has 3 aliphatic rings. The van der Waals surface area contributed by atoms with Crippen molar-refractivity contribution in [2.75, 3.05) is 32.8 Å². The predicted molar refractivity (Wildman–Crippen MR) is 162 cm³/mol. The van der Waals surface area contributed by atoms with Crippen molar-refractivity contribution in [3.05, 3.63) is 99.5 Å². The largest absolute Gasteiger partial charge is 0.494 e. The third-order valence-corrected chi connectivity index (χ3v) is 8.96. The second kappa shape index (κ2) is 12.5. The van der Waals surface area contributed by atoms with E-state index in [4.69, 9.17) is 4.74 Å². The van der Waals surface area contributed by atoms with E-state index < -0.39 is 0 Å². The predicted octanol–water partition coefficient (Wildman–Crippen LogP) is 3.01. The van der Waals surface area contributed by atoms with E-state index in [1.807, 2.05) is 43.3 Å². The Bertz CT molecular complexity index is 1560. The number of fused-ring (bicyclic) bond motifs is 5. The Kier molecular flexibility index (Phi) is 8.31. The van der Waals surface area contributed by atoms with Gasteiger partial charge >= 0.3 is 0 Å². The molecular formula is C34H38N4O5. The topological polar surface area (TPSA) is 101 Å². The maximum atomic E-state index is 13.7. The van der Waals surface area contributed by atoms with Gasteiger partial charge in [0.1, 0.15) is 5.75 Å². The van der Waals surface area contributed by atoms with E-state index in [1.165, 1.54) is 17.2 Å². The molecule has 0 radical (unpaired) electrons. The van der Waals surface area contributed by atoms with Crippen molar-refractivity contribution in [3.63, 3.8) is 0 Å². The number of nitrogens with one attached hydrogen (secondary N) is 1. The number of ether oxygens (including phenoxy) is 1. The van der Waals surface area contributed by atoms with Gasteiger partial charge < -0.3 is 24.4 Å². The summed E-state index contributed by atoms with van der Waals surface area (Å²) in [5, 5.41) is 3.17. The van der Waals surface area contributed by atoms with Crippen molar-refractivity contribution in [2.45, 2.75) is 51.1 Å². The summed E-state index contributed by atoms with van der Waals surface area (Å²) in [4.78, 5) is 56.6. The molecule has 9 nitrogen and oxygen atoms in total. The summed E-state index contributed by atoms with van der Waals surface area (Å²) in [7, 11) is 0. The van der Waals surface area contributed by atoms with Crippen molar-refractivity contribution in [2.24, 2.45) is 5.92 Å². The van der Waals surface area contributed by atoms with Crippen molar-refractivity contribution >= 4 is 17.7 Å². The van der Waals surface area contributed by atoms with Gasteiger partial charge in [0.2, 0.25) is 11.8 Å². The number of pyridine rings is 1. The first-order valence-corrected chi connectivity index (χ1v) is 15.3. The van der Waals surface area contributed by atoms with Gasteiger partial charge in [-0.2, -0.15) is 0 Å². The van der Waals surface area contributed by atoms with Crippen LogP contribution in [0.4, 0.5) is 0 Å². The number of rotatable bonds is 3. The van der Waals surface area contributed by atoms with Gasteiger partial charge in [0.05, 0.1) is 19.2 Å². The molecule has 1 fully saturated rings. The molecule has 0 spiro atoms. The molecule has 2 aromatic carbocycles. The van der Waals surface area contributed by atoms with Crippen LogP contribution in [0, 0.1) is 5.92 Å². The van der Waals surface area contributed by atoms with E-state index in [0.29, 0.717) is 51.2 Å². The summed E-state index contributed by atoms with van der Waals surface area (Å²) in [6.07, 6.45) is 4.50. The molecule has 1 aromatic heterocycles. The molecular weight excluding hydrogens is 544 g/mol. The average molecular weight is 583 g/mol. The summed E-state index contributed by atoms with van der Waals surface area (Å²) < 4.78 is 7.61. The molecule has 6 rings (SSSR count). The molecule has 0 saturated carbocycles. The first-order valence-electron chi connectivity index (χ1n) is 15.3. The lowest BCUT2D eigenvalue weighted by molar-refractivity contribution is -0.139. The van der Waals surface area contributed by atoms with Crippen molar-refractivity contribution < 1.29 is 19.1 Å². The van der Waals surface area contributed by atoms with E-state index >= 15 is 0 Å². The minimum Gasteiger partial charge on any atom is -0.494 e. The summed E-state index contributed by atoms with van der Waals surface area (Å²) >= 11 is 0. The standard InChI is InChI=1S/C34H38N4O5/c1-2-36-14-12-26(19-32(36)40)33(41)38-20-29-25-10-7-11-28(18-25)43-15-6-5-13-37(22-31(39)35-30(29)21-38)34(42)27-16-23-8-3-4-9-24(23)17-27/h3-4,7-12,14,18-19,27,29-30H,2,5-6,13,15-17,20-22H2,1H3,(H,35,39)/t29-,30+/m1/s1. The zero-order valence-corrected chi connectivity index (χ0v) is 24.5. The van der Waals surface area contributed by atoms with Crippen LogP contribution in [0.25, 0.3) is 0 Å². The van der Waals surface area contributed by atoms with Crippen LogP contribution in [0.15, 0.2) is 71.7 Å². The molecule has 2 bridgehead atoms. The van der Waals surface area contributed by atoms with Crippen LogP contribution in [-0.2, 0) is 29.0 Å². The Morgan fingerprint density at radius 3 is 2.47 bits per heavy atom. The van der Waals surface area contributed by atoms with Crippen molar-refractivity contribution in [1.29, 1.82) is 0 Å². The van der Waals surface area contributed by atoms with E-state index in [9.17, 15) is 19.2 Å². The van der Waals surface area contributed by atoms with Crippen LogP contribution in [0.2, 0.25) is 0 Å². The quantitative estimate of drug-likeness (QED) is 0.512. The summed E-state index contributed by atoms with van der Waals surface area (Å²) in [6, 6.07) is 18.7. The van der Waals surface area contributed by atoms with Crippen molar-refractivity contribution in [1.82, 2.24) is 19.7 Å². The Labute approximate surface area is 251 Å². The molecule has 0 unspecified atom stereocenters. The molecule has 1 saturated heterocycles. The minimum atomic E-state index is -0.363. The molecule has 2 aliphatic heterocycles. The SMILES string of the molecule is CCn1ccc(C(=O)N2C[C@@H]3NC(=O)CN(C(=O)C4Cc5ccccc5C4)CCCCOc4cccc(c4)[C@H]3C2)cc1=O. The van der Waals surface area contributed by atoms with Gasteiger partial charge in [-0.1, -0.05) is 36.4 Å². The van der Waals surface area contributed by atoms with Gasteiger partial charge in [-0.15, -0.1) is 0 Å². The van der Waals surface area contributed by atoms with Gasteiger partial charge in [0.25, 0.3) is 11.5 Å². The maximum absolute atomic E-state index is 13.7. The molecule has 3 heterocycles. The zero-order valence-electron chi connectivity index (χ0n) is 24.5. The van der Waals surface area contributed by atoms with Gasteiger partial charge in [-0.25, -0.2) is 0 Å². The second-order valence-corrected chi connectivity index (χ2v) is 11.8. The zero-order chi connectivity index (χ0) is 29.9. The summed E-state index contributed by atoms with van der Waals surface area (Å²) in [5.74, 6) is -0.0804. The summed E-state index contributed by atoms with van der Waals surface area (Å²) in [6.45, 7) is 4.04. The molecule has 2 atom stereocenters. The number of hydrogen-bond donors (Lipinski definition) is 1. The highest BCUT2D eigenvalue weighted by Gasteiger charge is 2.38.